The maximum Gasteiger partial charge on any atom is 0.306 e. The van der Waals surface area contributed by atoms with Gasteiger partial charge in [-0.05, 0) is 37.2 Å². The van der Waals surface area contributed by atoms with Crippen molar-refractivity contribution in [2.75, 3.05) is 0 Å². The van der Waals surface area contributed by atoms with Crippen LogP contribution in [0.2, 0.25) is 0 Å². The van der Waals surface area contributed by atoms with Crippen LogP contribution in [0.4, 0.5) is 0 Å². The van der Waals surface area contributed by atoms with Gasteiger partial charge < -0.3 is 10.2 Å². The number of aliphatic carboxylic acids is 1. The molecule has 106 valence electrons. The molecule has 0 aromatic heterocycles. The van der Waals surface area contributed by atoms with E-state index in [4.69, 9.17) is 5.11 Å². The Labute approximate surface area is 113 Å². The molecule has 1 saturated carbocycles. The van der Waals surface area contributed by atoms with Crippen molar-refractivity contribution in [3.63, 3.8) is 0 Å². The van der Waals surface area contributed by atoms with Gasteiger partial charge in [-0.25, -0.2) is 0 Å². The molecule has 0 saturated heterocycles. The molecule has 2 aliphatic rings. The summed E-state index contributed by atoms with van der Waals surface area (Å²) in [4.78, 5) is 23.0. The van der Waals surface area contributed by atoms with E-state index in [9.17, 15) is 14.7 Å². The number of Topliss-reactive ketones (excluding diaryl/α,β-unsaturated/α-hetero) is 1. The Kier molecular flexibility index (Phi) is 3.56. The summed E-state index contributed by atoms with van der Waals surface area (Å²) in [6, 6.07) is 0. The summed E-state index contributed by atoms with van der Waals surface area (Å²) in [5.74, 6) is -1.59. The standard InChI is InChI=1S/C15H22O4/c1-8(14(18)19)10-6-11-9(2)12(16)4-5-15(11,3)7-13(10)17/h8,10,13,17H,4-7H2,1-3H3,(H,18,19)/t8-,10+,13-,15+/m0/s1. The second-order valence-corrected chi connectivity index (χ2v) is 6.35. The SMILES string of the molecule is CC1=C2C[C@H]([C@H](C)C(=O)O)[C@@H](O)C[C@@]2(C)CCC1=O. The third kappa shape index (κ3) is 2.34. The Morgan fingerprint density at radius 3 is 2.68 bits per heavy atom. The van der Waals surface area contributed by atoms with E-state index in [1.165, 1.54) is 0 Å². The smallest absolute Gasteiger partial charge is 0.306 e. The zero-order chi connectivity index (χ0) is 14.4. The Morgan fingerprint density at radius 2 is 2.11 bits per heavy atom. The topological polar surface area (TPSA) is 74.6 Å². The van der Waals surface area contributed by atoms with Crippen molar-refractivity contribution in [3.05, 3.63) is 11.1 Å². The molecule has 0 heterocycles. The Hall–Kier alpha value is -1.16. The molecule has 0 aromatic rings. The molecular weight excluding hydrogens is 244 g/mol. The first-order valence-electron chi connectivity index (χ1n) is 6.90. The summed E-state index contributed by atoms with van der Waals surface area (Å²) in [6.07, 6.45) is 1.81. The van der Waals surface area contributed by atoms with Gasteiger partial charge in [0.1, 0.15) is 0 Å². The number of fused-ring (bicyclic) bond motifs is 1. The maximum absolute atomic E-state index is 11.8. The molecule has 0 aliphatic heterocycles. The van der Waals surface area contributed by atoms with Crippen LogP contribution in [0.5, 0.6) is 0 Å². The number of carbonyl (C=O) groups is 2. The number of aliphatic hydroxyl groups excluding tert-OH is 1. The van der Waals surface area contributed by atoms with Crippen LogP contribution in [0.3, 0.4) is 0 Å². The maximum atomic E-state index is 11.8. The largest absolute Gasteiger partial charge is 0.481 e. The van der Waals surface area contributed by atoms with Gasteiger partial charge in [-0.15, -0.1) is 0 Å². The van der Waals surface area contributed by atoms with Crippen molar-refractivity contribution in [2.24, 2.45) is 17.3 Å². The number of carboxylic acid groups (broad SMARTS) is 1. The first-order chi connectivity index (χ1) is 8.76. The van der Waals surface area contributed by atoms with Crippen molar-refractivity contribution in [2.45, 2.75) is 52.6 Å². The van der Waals surface area contributed by atoms with Crippen molar-refractivity contribution < 1.29 is 19.8 Å². The van der Waals surface area contributed by atoms with E-state index in [1.807, 2.05) is 6.92 Å². The molecule has 4 atom stereocenters. The molecule has 4 nitrogen and oxygen atoms in total. The molecule has 0 amide bonds. The summed E-state index contributed by atoms with van der Waals surface area (Å²) < 4.78 is 0. The highest BCUT2D eigenvalue weighted by atomic mass is 16.4. The van der Waals surface area contributed by atoms with Crippen molar-refractivity contribution >= 4 is 11.8 Å². The zero-order valence-electron chi connectivity index (χ0n) is 11.8. The fourth-order valence-corrected chi connectivity index (χ4v) is 3.65. The molecule has 19 heavy (non-hydrogen) atoms. The predicted octanol–water partition coefficient (Wildman–Crippen LogP) is 2.16. The molecule has 0 radical (unpaired) electrons. The summed E-state index contributed by atoms with van der Waals surface area (Å²) >= 11 is 0. The molecule has 2 N–H and O–H groups in total. The predicted molar refractivity (Wildman–Crippen MR) is 70.6 cm³/mol. The monoisotopic (exact) mass is 266 g/mol. The summed E-state index contributed by atoms with van der Waals surface area (Å²) in [5.41, 5.74) is 1.74. The van der Waals surface area contributed by atoms with Crippen LogP contribution in [0.25, 0.3) is 0 Å². The van der Waals surface area contributed by atoms with Gasteiger partial charge in [0.05, 0.1) is 12.0 Å². The average molecular weight is 266 g/mol. The van der Waals surface area contributed by atoms with E-state index in [1.54, 1.807) is 6.92 Å². The van der Waals surface area contributed by atoms with Crippen LogP contribution >= 0.6 is 0 Å². The van der Waals surface area contributed by atoms with Crippen LogP contribution in [0.15, 0.2) is 11.1 Å². The van der Waals surface area contributed by atoms with Gasteiger partial charge in [0, 0.05) is 12.3 Å². The highest BCUT2D eigenvalue weighted by Gasteiger charge is 2.46. The van der Waals surface area contributed by atoms with Crippen LogP contribution in [-0.4, -0.2) is 28.1 Å². The van der Waals surface area contributed by atoms with E-state index < -0.39 is 18.0 Å². The lowest BCUT2D eigenvalue weighted by Gasteiger charge is -2.46. The minimum atomic E-state index is -0.881. The number of carboxylic acids is 1. The van der Waals surface area contributed by atoms with Gasteiger partial charge in [0.25, 0.3) is 0 Å². The number of aliphatic hydroxyl groups is 1. The average Bonchev–Trinajstić information content (AvgIpc) is 2.33. The van der Waals surface area contributed by atoms with Crippen molar-refractivity contribution in [1.29, 1.82) is 0 Å². The fourth-order valence-electron chi connectivity index (χ4n) is 3.65. The molecule has 2 aliphatic carbocycles. The van der Waals surface area contributed by atoms with Crippen LogP contribution in [0.1, 0.15) is 46.5 Å². The molecular formula is C15H22O4. The Morgan fingerprint density at radius 1 is 1.47 bits per heavy atom. The fraction of sp³-hybridized carbons (Fsp3) is 0.733. The summed E-state index contributed by atoms with van der Waals surface area (Å²) in [6.45, 7) is 5.57. The lowest BCUT2D eigenvalue weighted by atomic mass is 9.59. The summed E-state index contributed by atoms with van der Waals surface area (Å²) in [5, 5.41) is 19.4. The van der Waals surface area contributed by atoms with Gasteiger partial charge in [-0.2, -0.15) is 0 Å². The van der Waals surface area contributed by atoms with Gasteiger partial charge in [0.15, 0.2) is 5.78 Å². The number of ketones is 1. The third-order valence-corrected chi connectivity index (χ3v) is 5.13. The summed E-state index contributed by atoms with van der Waals surface area (Å²) in [7, 11) is 0. The zero-order valence-corrected chi connectivity index (χ0v) is 11.8. The van der Waals surface area contributed by atoms with E-state index in [0.717, 1.165) is 17.6 Å². The second-order valence-electron chi connectivity index (χ2n) is 6.35. The number of hydrogen-bond acceptors (Lipinski definition) is 3. The van der Waals surface area contributed by atoms with Gasteiger partial charge in [-0.3, -0.25) is 9.59 Å². The highest BCUT2D eigenvalue weighted by Crippen LogP contribution is 2.51. The first-order valence-corrected chi connectivity index (χ1v) is 6.90. The molecule has 0 bridgehead atoms. The van der Waals surface area contributed by atoms with Gasteiger partial charge in [-0.1, -0.05) is 19.4 Å². The molecule has 1 fully saturated rings. The van der Waals surface area contributed by atoms with Crippen molar-refractivity contribution in [1.82, 2.24) is 0 Å². The highest BCUT2D eigenvalue weighted by molar-refractivity contribution is 5.96. The quantitative estimate of drug-likeness (QED) is 0.803. The minimum Gasteiger partial charge on any atom is -0.481 e. The Balaban J connectivity index is 2.35. The second kappa shape index (κ2) is 4.75. The van der Waals surface area contributed by atoms with E-state index in [-0.39, 0.29) is 17.1 Å². The number of carbonyl (C=O) groups excluding carboxylic acids is 1. The van der Waals surface area contributed by atoms with Crippen LogP contribution < -0.4 is 0 Å². The molecule has 0 spiro atoms. The molecule has 0 unspecified atom stereocenters. The lowest BCUT2D eigenvalue weighted by molar-refractivity contribution is -0.145. The van der Waals surface area contributed by atoms with Gasteiger partial charge in [0.2, 0.25) is 0 Å². The molecule has 2 rings (SSSR count). The van der Waals surface area contributed by atoms with E-state index in [2.05, 4.69) is 6.92 Å². The normalized spacial score (nSPS) is 36.9. The van der Waals surface area contributed by atoms with Crippen LogP contribution in [-0.2, 0) is 9.59 Å². The van der Waals surface area contributed by atoms with Gasteiger partial charge >= 0.3 is 5.97 Å². The van der Waals surface area contributed by atoms with E-state index >= 15 is 0 Å². The molecule has 4 heteroatoms. The Bertz CT molecular complexity index is 451. The molecule has 0 aromatic carbocycles. The van der Waals surface area contributed by atoms with Crippen molar-refractivity contribution in [3.8, 4) is 0 Å². The lowest BCUT2D eigenvalue weighted by Crippen LogP contribution is -2.44. The van der Waals surface area contributed by atoms with Crippen LogP contribution in [0, 0.1) is 17.3 Å². The van der Waals surface area contributed by atoms with E-state index in [0.29, 0.717) is 19.3 Å². The first kappa shape index (κ1) is 14.3. The number of rotatable bonds is 2. The number of allylic oxidation sites excluding steroid dienone is 2. The number of hydrogen-bond donors (Lipinski definition) is 2. The third-order valence-electron chi connectivity index (χ3n) is 5.13. The minimum absolute atomic E-state index is 0.133.